The summed E-state index contributed by atoms with van der Waals surface area (Å²) >= 11 is 2.73. The number of carbonyl (C=O) groups excluding carboxylic acids is 3. The molecule has 3 fully saturated rings. The first-order valence-corrected chi connectivity index (χ1v) is 18.0. The van der Waals surface area contributed by atoms with E-state index in [4.69, 9.17) is 4.74 Å². The Morgan fingerprint density at radius 3 is 2.42 bits per heavy atom. The maximum absolute atomic E-state index is 14.1. The van der Waals surface area contributed by atoms with E-state index in [0.717, 1.165) is 37.6 Å². The number of thioether (sulfide) groups is 1. The number of thiazole rings is 1. The molecule has 2 bridgehead atoms. The molecule has 2 N–H and O–H groups in total. The maximum atomic E-state index is 14.1. The third-order valence-corrected chi connectivity index (χ3v) is 13.3. The van der Waals surface area contributed by atoms with Gasteiger partial charge in [-0.1, -0.05) is 59.9 Å². The van der Waals surface area contributed by atoms with Crippen LogP contribution in [-0.2, 0) is 14.4 Å². The first kappa shape index (κ1) is 30.8. The molecule has 4 aromatic carbocycles. The molecule has 7 atom stereocenters. The molecular weight excluding hydrogens is 677 g/mol. The van der Waals surface area contributed by atoms with E-state index in [1.165, 1.54) is 29.2 Å². The molecule has 2 aliphatic heterocycles. The monoisotopic (exact) mass is 704 g/mol. The Hall–Kier alpha value is -5.27. The number of ether oxygens (including phenoxy) is 1. The largest absolute Gasteiger partial charge is 0.483 e. The molecule has 3 heterocycles. The highest BCUT2D eigenvalue weighted by atomic mass is 32.2. The fourth-order valence-corrected chi connectivity index (χ4v) is 11.7. The summed E-state index contributed by atoms with van der Waals surface area (Å²) in [6.07, 6.45) is 0.704. The molecule has 50 heavy (non-hydrogen) atoms. The number of nitro benzene ring substituents is 1. The van der Waals surface area contributed by atoms with Gasteiger partial charge in [-0.2, -0.15) is 0 Å². The lowest BCUT2D eigenvalue weighted by atomic mass is 9.68. The summed E-state index contributed by atoms with van der Waals surface area (Å²) in [5.74, 6) is -2.01. The molecule has 3 amide bonds. The number of aromatic nitrogens is 1. The van der Waals surface area contributed by atoms with Crippen molar-refractivity contribution >= 4 is 68.7 Å². The lowest BCUT2D eigenvalue weighted by molar-refractivity contribution is -0.384. The van der Waals surface area contributed by atoms with Gasteiger partial charge in [-0.05, 0) is 65.3 Å². The normalized spacial score (nSPS) is 26.1. The fraction of sp³-hybridized carbons (Fsp3) is 0.243. The van der Waals surface area contributed by atoms with Crippen molar-refractivity contribution in [3.05, 3.63) is 121 Å². The summed E-state index contributed by atoms with van der Waals surface area (Å²) in [6.45, 7) is -0.233. The number of imide groups is 1. The number of H-pyrrole nitrogens is 1. The lowest BCUT2D eigenvalue weighted by Crippen LogP contribution is -2.42. The van der Waals surface area contributed by atoms with E-state index in [0.29, 0.717) is 23.5 Å². The molecule has 13 heteroatoms. The number of non-ortho nitro benzene ring substituents is 1. The number of amides is 3. The number of nitro groups is 1. The number of nitrogens with one attached hydrogen (secondary N) is 2. The van der Waals surface area contributed by atoms with Crippen LogP contribution >= 0.6 is 23.1 Å². The number of rotatable bonds is 7. The van der Waals surface area contributed by atoms with Crippen LogP contribution in [0.25, 0.3) is 10.8 Å². The molecule has 4 aliphatic rings. The van der Waals surface area contributed by atoms with Gasteiger partial charge in [0.25, 0.3) is 11.6 Å². The van der Waals surface area contributed by atoms with Gasteiger partial charge in [0.05, 0.1) is 27.5 Å². The molecule has 5 aromatic rings. The van der Waals surface area contributed by atoms with E-state index in [1.807, 2.05) is 66.7 Å². The topological polar surface area (TPSA) is 152 Å². The average Bonchev–Trinajstić information content (AvgIpc) is 3.86. The summed E-state index contributed by atoms with van der Waals surface area (Å²) in [5.41, 5.74) is 1.70. The molecule has 250 valence electrons. The van der Waals surface area contributed by atoms with Crippen LogP contribution in [0.1, 0.15) is 22.8 Å². The average molecular weight is 705 g/mol. The minimum absolute atomic E-state index is 0.0400. The van der Waals surface area contributed by atoms with Crippen LogP contribution < -0.4 is 19.8 Å². The van der Waals surface area contributed by atoms with Crippen molar-refractivity contribution in [2.75, 3.05) is 16.8 Å². The van der Waals surface area contributed by atoms with Crippen LogP contribution in [0.3, 0.4) is 0 Å². The highest BCUT2D eigenvalue weighted by Crippen LogP contribution is 2.69. The zero-order valence-corrected chi connectivity index (χ0v) is 27.8. The predicted octanol–water partition coefficient (Wildman–Crippen LogP) is 6.19. The second kappa shape index (κ2) is 11.7. The van der Waals surface area contributed by atoms with E-state index < -0.39 is 16.8 Å². The van der Waals surface area contributed by atoms with E-state index in [2.05, 4.69) is 10.3 Å². The minimum atomic E-state index is -0.537. The number of fused-ring (bicyclic) bond motifs is 10. The van der Waals surface area contributed by atoms with Crippen molar-refractivity contribution in [2.24, 2.45) is 29.6 Å². The number of carbonyl (C=O) groups is 3. The fourth-order valence-electron chi connectivity index (χ4n) is 8.82. The summed E-state index contributed by atoms with van der Waals surface area (Å²) < 4.78 is 6.21. The van der Waals surface area contributed by atoms with Crippen molar-refractivity contribution in [2.45, 2.75) is 22.6 Å². The van der Waals surface area contributed by atoms with E-state index >= 15 is 0 Å². The quantitative estimate of drug-likeness (QED) is 0.116. The Balaban J connectivity index is 1.01. The predicted molar refractivity (Wildman–Crippen MR) is 189 cm³/mol. The number of aromatic amines is 1. The van der Waals surface area contributed by atoms with Crippen molar-refractivity contribution in [3.63, 3.8) is 0 Å². The Labute approximate surface area is 292 Å². The van der Waals surface area contributed by atoms with Crippen molar-refractivity contribution in [1.29, 1.82) is 0 Å². The summed E-state index contributed by atoms with van der Waals surface area (Å²) in [7, 11) is 0. The minimum Gasteiger partial charge on any atom is -0.483 e. The Morgan fingerprint density at radius 2 is 1.64 bits per heavy atom. The summed E-state index contributed by atoms with van der Waals surface area (Å²) in [5, 5.41) is 16.9. The first-order valence-electron chi connectivity index (χ1n) is 16.3. The summed E-state index contributed by atoms with van der Waals surface area (Å²) in [6, 6.07) is 26.6. The van der Waals surface area contributed by atoms with Gasteiger partial charge in [0, 0.05) is 39.4 Å². The third kappa shape index (κ3) is 4.78. The van der Waals surface area contributed by atoms with Crippen LogP contribution in [0.2, 0.25) is 0 Å². The van der Waals surface area contributed by atoms with Crippen LogP contribution in [0.15, 0.2) is 101 Å². The zero-order valence-electron chi connectivity index (χ0n) is 26.2. The molecule has 2 saturated carbocycles. The molecule has 2 aliphatic carbocycles. The molecule has 9 rings (SSSR count). The molecule has 1 aromatic heterocycles. The maximum Gasteiger partial charge on any atom is 0.305 e. The van der Waals surface area contributed by atoms with Crippen LogP contribution in [0, 0.1) is 39.7 Å². The van der Waals surface area contributed by atoms with Crippen molar-refractivity contribution in [1.82, 2.24) is 4.98 Å². The number of benzene rings is 4. The standard InChI is InChI=1S/C37H28N4O7S2/c42-27(38-20-10-9-18-5-1-2-6-19(18)15-20)17-48-26-8-4-3-7-23(26)28-29-24-16-25(32(29)49-34-33(28)50-37(45)39-34)31-30(24)35(43)40(36(31)44)21-11-13-22(14-12-21)41(46)47/h1-15,24-25,28-32H,16-17H2,(H,38,42)(H,39,45)/t24-,25-,28+,29-,30+,31+,32-/m1/s1. The Morgan fingerprint density at radius 1 is 0.920 bits per heavy atom. The Kier molecular flexibility index (Phi) is 7.18. The van der Waals surface area contributed by atoms with Gasteiger partial charge in [0.1, 0.15) is 5.75 Å². The van der Waals surface area contributed by atoms with Crippen LogP contribution in [0.5, 0.6) is 5.75 Å². The van der Waals surface area contributed by atoms with Crippen molar-refractivity contribution in [3.8, 4) is 5.75 Å². The summed E-state index contributed by atoms with van der Waals surface area (Å²) in [4.78, 5) is 69.5. The Bertz CT molecular complexity index is 2300. The van der Waals surface area contributed by atoms with Gasteiger partial charge in [-0.15, -0.1) is 11.8 Å². The molecule has 0 unspecified atom stereocenters. The number of hydrogen-bond acceptors (Lipinski definition) is 9. The number of nitrogens with zero attached hydrogens (tertiary/aromatic N) is 2. The third-order valence-electron chi connectivity index (χ3n) is 10.7. The SMILES string of the molecule is O=C(COc1ccccc1[C@@H]1c2sc(=O)[nH]c2S[C@@H]2[C@@H]3C[C@@H]([C@@H]4C(=O)N(c5ccc([N+](=O)[O-])cc5)C(=O)[C@@H]34)[C@H]12)Nc1ccc2ccccc2c1. The van der Waals surface area contributed by atoms with E-state index in [1.54, 1.807) is 11.8 Å². The van der Waals surface area contributed by atoms with Gasteiger partial charge in [-0.3, -0.25) is 34.2 Å². The van der Waals surface area contributed by atoms with Gasteiger partial charge in [-0.25, -0.2) is 0 Å². The smallest absolute Gasteiger partial charge is 0.305 e. The highest BCUT2D eigenvalue weighted by molar-refractivity contribution is 8.00. The van der Waals surface area contributed by atoms with Gasteiger partial charge >= 0.3 is 4.87 Å². The second-order valence-electron chi connectivity index (χ2n) is 13.2. The molecule has 0 spiro atoms. The number of anilines is 2. The number of para-hydroxylation sites is 1. The van der Waals surface area contributed by atoms with Gasteiger partial charge in [0.15, 0.2) is 6.61 Å². The van der Waals surface area contributed by atoms with E-state index in [9.17, 15) is 29.3 Å². The van der Waals surface area contributed by atoms with Crippen LogP contribution in [-0.4, -0.2) is 39.5 Å². The second-order valence-corrected chi connectivity index (χ2v) is 15.4. The van der Waals surface area contributed by atoms with E-state index in [-0.39, 0.29) is 63.8 Å². The van der Waals surface area contributed by atoms with Crippen molar-refractivity contribution < 1.29 is 24.0 Å². The molecule has 1 saturated heterocycles. The van der Waals surface area contributed by atoms with Gasteiger partial charge < -0.3 is 15.0 Å². The lowest BCUT2D eigenvalue weighted by Gasteiger charge is -2.43. The molecule has 0 radical (unpaired) electrons. The number of hydrogen-bond donors (Lipinski definition) is 2. The highest BCUT2D eigenvalue weighted by Gasteiger charge is 2.69. The molecule has 11 nitrogen and oxygen atoms in total. The molecular formula is C37H28N4O7S2. The van der Waals surface area contributed by atoms with Crippen LogP contribution in [0.4, 0.5) is 17.1 Å². The first-order chi connectivity index (χ1) is 24.3. The van der Waals surface area contributed by atoms with Gasteiger partial charge in [0.2, 0.25) is 11.8 Å². The zero-order chi connectivity index (χ0) is 34.3.